The summed E-state index contributed by atoms with van der Waals surface area (Å²) in [6, 6.07) is 7.55. The van der Waals surface area contributed by atoms with Gasteiger partial charge in [0.15, 0.2) is 0 Å². The number of nitrogens with zero attached hydrogens (tertiary/aromatic N) is 2. The van der Waals surface area contributed by atoms with Gasteiger partial charge in [-0.1, -0.05) is 18.2 Å². The second-order valence-electron chi connectivity index (χ2n) is 5.19. The predicted octanol–water partition coefficient (Wildman–Crippen LogP) is 2.65. The van der Waals surface area contributed by atoms with E-state index in [9.17, 15) is 9.59 Å². The zero-order valence-electron chi connectivity index (χ0n) is 12.1. The first-order chi connectivity index (χ1) is 10.1. The molecule has 0 radical (unpaired) electrons. The number of piperidine rings is 1. The largest absolute Gasteiger partial charge is 0.313 e. The van der Waals surface area contributed by atoms with Crippen molar-refractivity contribution >= 4 is 34.7 Å². The minimum absolute atomic E-state index is 0.204. The van der Waals surface area contributed by atoms with Crippen molar-refractivity contribution in [3.05, 3.63) is 29.8 Å². The third-order valence-corrected chi connectivity index (χ3v) is 3.90. The summed E-state index contributed by atoms with van der Waals surface area (Å²) in [5, 5.41) is 3.51. The van der Waals surface area contributed by atoms with Crippen molar-refractivity contribution in [3.8, 4) is 0 Å². The Kier molecular flexibility index (Phi) is 3.33. The van der Waals surface area contributed by atoms with E-state index >= 15 is 0 Å². The lowest BCUT2D eigenvalue weighted by Crippen LogP contribution is -2.41. The summed E-state index contributed by atoms with van der Waals surface area (Å²) in [5.41, 5.74) is 2.03. The zero-order chi connectivity index (χ0) is 15.0. The van der Waals surface area contributed by atoms with Crippen LogP contribution >= 0.6 is 0 Å². The maximum Gasteiger partial charge on any atom is 0.249 e. The zero-order valence-corrected chi connectivity index (χ0v) is 12.1. The molecule has 1 N–H and O–H groups in total. The Hall–Kier alpha value is -2.43. The lowest BCUT2D eigenvalue weighted by molar-refractivity contribution is -0.135. The van der Waals surface area contributed by atoms with Crippen LogP contribution in [0.25, 0.3) is 10.9 Å². The van der Waals surface area contributed by atoms with Gasteiger partial charge in [0.2, 0.25) is 11.8 Å². The number of aliphatic imine (C=N–C) groups is 1. The molecule has 5 heteroatoms. The highest BCUT2D eigenvalue weighted by Crippen LogP contribution is 2.36. The molecule has 0 aliphatic carbocycles. The van der Waals surface area contributed by atoms with E-state index in [2.05, 4.69) is 10.3 Å². The predicted molar refractivity (Wildman–Crippen MR) is 81.9 cm³/mol. The highest BCUT2D eigenvalue weighted by atomic mass is 16.2. The highest BCUT2D eigenvalue weighted by molar-refractivity contribution is 6.01. The molecule has 1 aromatic carbocycles. The first kappa shape index (κ1) is 13.5. The molecule has 1 unspecified atom stereocenters. The molecule has 3 rings (SSSR count). The summed E-state index contributed by atoms with van der Waals surface area (Å²) >= 11 is 0. The first-order valence-electron chi connectivity index (χ1n) is 7.05. The Morgan fingerprint density at radius 1 is 1.33 bits per heavy atom. The topological polar surface area (TPSA) is 63.5 Å². The van der Waals surface area contributed by atoms with Crippen molar-refractivity contribution in [2.24, 2.45) is 4.99 Å². The molecule has 2 aromatic rings. The molecule has 0 bridgehead atoms. The normalized spacial score (nSPS) is 19.4. The molecule has 21 heavy (non-hydrogen) atoms. The lowest BCUT2D eigenvalue weighted by Gasteiger charge is -2.24. The van der Waals surface area contributed by atoms with E-state index in [1.54, 1.807) is 6.21 Å². The van der Waals surface area contributed by atoms with Crippen LogP contribution in [0.5, 0.6) is 0 Å². The number of amides is 2. The van der Waals surface area contributed by atoms with E-state index < -0.39 is 0 Å². The molecular weight excluding hydrogens is 266 g/mol. The van der Waals surface area contributed by atoms with E-state index in [0.29, 0.717) is 12.8 Å². The molecule has 1 atom stereocenters. The van der Waals surface area contributed by atoms with Gasteiger partial charge in [-0.2, -0.15) is 0 Å². The number of aryl methyl sites for hydroxylation is 1. The van der Waals surface area contributed by atoms with Crippen LogP contribution in [0.3, 0.4) is 0 Å². The van der Waals surface area contributed by atoms with Crippen LogP contribution in [-0.4, -0.2) is 22.6 Å². The highest BCUT2D eigenvalue weighted by Gasteiger charge is 2.31. The van der Waals surface area contributed by atoms with Crippen LogP contribution in [0.1, 0.15) is 31.4 Å². The summed E-state index contributed by atoms with van der Waals surface area (Å²) in [4.78, 5) is 28.0. The molecule has 0 spiro atoms. The van der Waals surface area contributed by atoms with Crippen molar-refractivity contribution in [1.29, 1.82) is 0 Å². The monoisotopic (exact) mass is 283 g/mol. The second kappa shape index (κ2) is 5.16. The van der Waals surface area contributed by atoms with Crippen LogP contribution in [0.15, 0.2) is 29.3 Å². The number of carbonyl (C=O) groups excluding carboxylic acids is 2. The Balaban J connectivity index is 2.23. The fraction of sp³-hybridized carbons (Fsp3) is 0.312. The maximum atomic E-state index is 12.2. The molecule has 1 aliphatic rings. The SMILES string of the molecule is C/C=N\c1c(C)c2ccccc2n1C1CCC(=O)NC1=O. The summed E-state index contributed by atoms with van der Waals surface area (Å²) in [6.07, 6.45) is 2.59. The fourth-order valence-electron chi connectivity index (χ4n) is 2.94. The van der Waals surface area contributed by atoms with Gasteiger partial charge in [0, 0.05) is 23.6 Å². The van der Waals surface area contributed by atoms with E-state index in [1.807, 2.05) is 42.7 Å². The summed E-state index contributed by atoms with van der Waals surface area (Å²) in [6.45, 7) is 3.86. The van der Waals surface area contributed by atoms with E-state index in [1.165, 1.54) is 0 Å². The second-order valence-corrected chi connectivity index (χ2v) is 5.19. The van der Waals surface area contributed by atoms with Gasteiger partial charge in [-0.15, -0.1) is 0 Å². The van der Waals surface area contributed by atoms with Gasteiger partial charge < -0.3 is 4.57 Å². The minimum atomic E-state index is -0.389. The number of rotatable bonds is 2. The fourth-order valence-corrected chi connectivity index (χ4v) is 2.94. The number of imide groups is 1. The van der Waals surface area contributed by atoms with Crippen molar-refractivity contribution in [3.63, 3.8) is 0 Å². The summed E-state index contributed by atoms with van der Waals surface area (Å²) in [5.74, 6) is 0.331. The minimum Gasteiger partial charge on any atom is -0.313 e. The number of hydrogen-bond acceptors (Lipinski definition) is 3. The standard InChI is InChI=1S/C16H17N3O2/c1-3-17-15-10(2)11-6-4-5-7-12(11)19(15)13-8-9-14(20)18-16(13)21/h3-7,13H,8-9H2,1-2H3,(H,18,20,21)/b17-3-. The molecule has 1 aliphatic heterocycles. The molecule has 0 saturated carbocycles. The van der Waals surface area contributed by atoms with Crippen LogP contribution in [0.2, 0.25) is 0 Å². The summed E-state index contributed by atoms with van der Waals surface area (Å²) < 4.78 is 1.95. The Morgan fingerprint density at radius 3 is 2.81 bits per heavy atom. The maximum absolute atomic E-state index is 12.2. The average molecular weight is 283 g/mol. The molecule has 1 fully saturated rings. The molecule has 1 saturated heterocycles. The number of para-hydroxylation sites is 1. The van der Waals surface area contributed by atoms with Gasteiger partial charge in [0.05, 0.1) is 5.52 Å². The number of hydrogen-bond donors (Lipinski definition) is 1. The van der Waals surface area contributed by atoms with Gasteiger partial charge in [-0.05, 0) is 26.3 Å². The number of fused-ring (bicyclic) bond motifs is 1. The van der Waals surface area contributed by atoms with Gasteiger partial charge in [-0.25, -0.2) is 4.99 Å². The number of nitrogens with one attached hydrogen (secondary N) is 1. The van der Waals surface area contributed by atoms with Gasteiger partial charge in [0.1, 0.15) is 11.9 Å². The van der Waals surface area contributed by atoms with Crippen LogP contribution in [0, 0.1) is 6.92 Å². The molecule has 2 amide bonds. The Labute approximate surface area is 122 Å². The van der Waals surface area contributed by atoms with E-state index in [-0.39, 0.29) is 17.9 Å². The Bertz CT molecular complexity index is 758. The van der Waals surface area contributed by atoms with Gasteiger partial charge in [-0.3, -0.25) is 14.9 Å². The van der Waals surface area contributed by atoms with Crippen LogP contribution < -0.4 is 5.32 Å². The quantitative estimate of drug-likeness (QED) is 0.680. The first-order valence-corrected chi connectivity index (χ1v) is 7.05. The third-order valence-electron chi connectivity index (χ3n) is 3.90. The van der Waals surface area contributed by atoms with Crippen molar-refractivity contribution in [1.82, 2.24) is 9.88 Å². The lowest BCUT2D eigenvalue weighted by atomic mass is 10.1. The molecule has 5 nitrogen and oxygen atoms in total. The van der Waals surface area contributed by atoms with Crippen LogP contribution in [0.4, 0.5) is 5.82 Å². The van der Waals surface area contributed by atoms with E-state index in [4.69, 9.17) is 0 Å². The van der Waals surface area contributed by atoms with E-state index in [0.717, 1.165) is 22.3 Å². The van der Waals surface area contributed by atoms with Gasteiger partial charge in [0.25, 0.3) is 0 Å². The number of benzene rings is 1. The van der Waals surface area contributed by atoms with Crippen molar-refractivity contribution in [2.45, 2.75) is 32.7 Å². The summed E-state index contributed by atoms with van der Waals surface area (Å²) in [7, 11) is 0. The Morgan fingerprint density at radius 2 is 2.10 bits per heavy atom. The smallest absolute Gasteiger partial charge is 0.249 e. The van der Waals surface area contributed by atoms with Gasteiger partial charge >= 0.3 is 0 Å². The average Bonchev–Trinajstić information content (AvgIpc) is 2.74. The molecular formula is C16H17N3O2. The van der Waals surface area contributed by atoms with Crippen LogP contribution in [-0.2, 0) is 9.59 Å². The number of carbonyl (C=O) groups is 2. The molecule has 1 aromatic heterocycles. The third kappa shape index (κ3) is 2.14. The van der Waals surface area contributed by atoms with Crippen molar-refractivity contribution in [2.75, 3.05) is 0 Å². The molecule has 2 heterocycles. The number of aromatic nitrogens is 1. The van der Waals surface area contributed by atoms with Crippen molar-refractivity contribution < 1.29 is 9.59 Å². The molecule has 108 valence electrons.